The maximum Gasteiger partial charge on any atom is 0.243 e. The summed E-state index contributed by atoms with van der Waals surface area (Å²) in [5.74, 6) is -0.420. The SMILES string of the molecule is CNCCC(=O)NCC(=O)Nc1cccnc1. The normalized spacial score (nSPS) is 9.71. The van der Waals surface area contributed by atoms with Gasteiger partial charge in [0.2, 0.25) is 11.8 Å². The first-order chi connectivity index (χ1) is 8.22. The molecule has 0 radical (unpaired) electrons. The summed E-state index contributed by atoms with van der Waals surface area (Å²) >= 11 is 0. The van der Waals surface area contributed by atoms with Gasteiger partial charge in [-0.1, -0.05) is 0 Å². The zero-order valence-electron chi connectivity index (χ0n) is 9.69. The third kappa shape index (κ3) is 5.62. The van der Waals surface area contributed by atoms with E-state index in [9.17, 15) is 9.59 Å². The Hall–Kier alpha value is -1.95. The Labute approximate surface area is 99.8 Å². The number of hydrogen-bond acceptors (Lipinski definition) is 4. The number of anilines is 1. The molecule has 0 aliphatic carbocycles. The van der Waals surface area contributed by atoms with E-state index in [1.807, 2.05) is 0 Å². The third-order valence-electron chi connectivity index (χ3n) is 1.99. The predicted octanol–water partition coefficient (Wildman–Crippen LogP) is -0.254. The highest BCUT2D eigenvalue weighted by molar-refractivity contribution is 5.94. The molecular formula is C11H16N4O2. The fourth-order valence-corrected chi connectivity index (χ4v) is 1.15. The molecule has 0 unspecified atom stereocenters. The number of nitrogens with one attached hydrogen (secondary N) is 3. The first kappa shape index (κ1) is 13.1. The average Bonchev–Trinajstić information content (AvgIpc) is 2.35. The van der Waals surface area contributed by atoms with Crippen LogP contribution in [0.2, 0.25) is 0 Å². The molecule has 2 amide bonds. The molecule has 0 fully saturated rings. The smallest absolute Gasteiger partial charge is 0.243 e. The number of rotatable bonds is 6. The van der Waals surface area contributed by atoms with Crippen LogP contribution in [0.1, 0.15) is 6.42 Å². The van der Waals surface area contributed by atoms with E-state index in [2.05, 4.69) is 20.9 Å². The molecule has 0 aromatic carbocycles. The fraction of sp³-hybridized carbons (Fsp3) is 0.364. The summed E-state index contributed by atoms with van der Waals surface area (Å²) < 4.78 is 0. The van der Waals surface area contributed by atoms with Crippen LogP contribution in [0.15, 0.2) is 24.5 Å². The van der Waals surface area contributed by atoms with E-state index in [0.29, 0.717) is 18.7 Å². The van der Waals surface area contributed by atoms with Crippen molar-refractivity contribution in [3.8, 4) is 0 Å². The van der Waals surface area contributed by atoms with Crippen LogP contribution in [0.3, 0.4) is 0 Å². The average molecular weight is 236 g/mol. The van der Waals surface area contributed by atoms with E-state index >= 15 is 0 Å². The highest BCUT2D eigenvalue weighted by atomic mass is 16.2. The van der Waals surface area contributed by atoms with Crippen LogP contribution >= 0.6 is 0 Å². The molecule has 0 saturated heterocycles. The monoisotopic (exact) mass is 236 g/mol. The van der Waals surface area contributed by atoms with Gasteiger partial charge >= 0.3 is 0 Å². The highest BCUT2D eigenvalue weighted by Gasteiger charge is 2.05. The second-order valence-corrected chi connectivity index (χ2v) is 3.42. The van der Waals surface area contributed by atoms with Gasteiger partial charge in [0.25, 0.3) is 0 Å². The summed E-state index contributed by atoms with van der Waals surface area (Å²) in [6.45, 7) is 0.563. The molecule has 17 heavy (non-hydrogen) atoms. The Morgan fingerprint density at radius 3 is 2.82 bits per heavy atom. The summed E-state index contributed by atoms with van der Waals surface area (Å²) in [6, 6.07) is 3.45. The van der Waals surface area contributed by atoms with Gasteiger partial charge in [0, 0.05) is 19.2 Å². The molecule has 0 aliphatic heterocycles. The fourth-order valence-electron chi connectivity index (χ4n) is 1.15. The molecule has 0 bridgehead atoms. The van der Waals surface area contributed by atoms with Crippen molar-refractivity contribution in [2.45, 2.75) is 6.42 Å². The van der Waals surface area contributed by atoms with Crippen LogP contribution in [-0.4, -0.2) is 36.9 Å². The van der Waals surface area contributed by atoms with Crippen LogP contribution in [0.25, 0.3) is 0 Å². The van der Waals surface area contributed by atoms with E-state index in [4.69, 9.17) is 0 Å². The summed E-state index contributed by atoms with van der Waals surface area (Å²) in [6.07, 6.45) is 3.52. The number of carbonyl (C=O) groups is 2. The van der Waals surface area contributed by atoms with Gasteiger partial charge in [-0.15, -0.1) is 0 Å². The van der Waals surface area contributed by atoms with Gasteiger partial charge < -0.3 is 16.0 Å². The van der Waals surface area contributed by atoms with Gasteiger partial charge in [0.1, 0.15) is 0 Å². The molecule has 3 N–H and O–H groups in total. The van der Waals surface area contributed by atoms with Crippen molar-refractivity contribution < 1.29 is 9.59 Å². The van der Waals surface area contributed by atoms with E-state index in [0.717, 1.165) is 0 Å². The van der Waals surface area contributed by atoms with Gasteiger partial charge in [0.15, 0.2) is 0 Å². The number of nitrogens with zero attached hydrogens (tertiary/aromatic N) is 1. The van der Waals surface area contributed by atoms with Gasteiger partial charge in [-0.3, -0.25) is 14.6 Å². The Morgan fingerprint density at radius 1 is 1.35 bits per heavy atom. The number of carbonyl (C=O) groups excluding carboxylic acids is 2. The van der Waals surface area contributed by atoms with E-state index < -0.39 is 0 Å². The van der Waals surface area contributed by atoms with Gasteiger partial charge in [-0.25, -0.2) is 0 Å². The van der Waals surface area contributed by atoms with Crippen molar-refractivity contribution in [3.63, 3.8) is 0 Å². The van der Waals surface area contributed by atoms with Crippen LogP contribution in [-0.2, 0) is 9.59 Å². The lowest BCUT2D eigenvalue weighted by atomic mass is 10.4. The van der Waals surface area contributed by atoms with E-state index in [1.54, 1.807) is 31.6 Å². The summed E-state index contributed by atoms with van der Waals surface area (Å²) in [5, 5.41) is 8.00. The lowest BCUT2D eigenvalue weighted by Crippen LogP contribution is -2.34. The van der Waals surface area contributed by atoms with Crippen LogP contribution in [0.4, 0.5) is 5.69 Å². The zero-order chi connectivity index (χ0) is 12.5. The number of hydrogen-bond donors (Lipinski definition) is 3. The second kappa shape index (κ2) is 7.34. The Kier molecular flexibility index (Phi) is 5.67. The Morgan fingerprint density at radius 2 is 2.18 bits per heavy atom. The molecule has 1 rings (SSSR count). The number of pyridine rings is 1. The number of amides is 2. The molecule has 6 heteroatoms. The maximum absolute atomic E-state index is 11.4. The van der Waals surface area contributed by atoms with Crippen molar-refractivity contribution in [2.75, 3.05) is 25.5 Å². The molecule has 92 valence electrons. The molecule has 1 aromatic heterocycles. The van der Waals surface area contributed by atoms with Gasteiger partial charge in [0.05, 0.1) is 18.4 Å². The topological polar surface area (TPSA) is 83.1 Å². The minimum Gasteiger partial charge on any atom is -0.347 e. The highest BCUT2D eigenvalue weighted by Crippen LogP contribution is 2.01. The Bertz CT molecular complexity index is 367. The van der Waals surface area contributed by atoms with Crippen molar-refractivity contribution in [2.24, 2.45) is 0 Å². The largest absolute Gasteiger partial charge is 0.347 e. The van der Waals surface area contributed by atoms with Crippen molar-refractivity contribution >= 4 is 17.5 Å². The zero-order valence-corrected chi connectivity index (χ0v) is 9.69. The van der Waals surface area contributed by atoms with Gasteiger partial charge in [-0.2, -0.15) is 0 Å². The maximum atomic E-state index is 11.4. The van der Waals surface area contributed by atoms with Crippen molar-refractivity contribution in [1.82, 2.24) is 15.6 Å². The molecule has 1 aromatic rings. The van der Waals surface area contributed by atoms with Crippen molar-refractivity contribution in [1.29, 1.82) is 0 Å². The van der Waals surface area contributed by atoms with Crippen LogP contribution < -0.4 is 16.0 Å². The summed E-state index contributed by atoms with van der Waals surface area (Å²) in [4.78, 5) is 26.5. The molecule has 0 aliphatic rings. The lowest BCUT2D eigenvalue weighted by molar-refractivity contribution is -0.124. The minimum atomic E-state index is -0.268. The molecule has 0 atom stereocenters. The molecule has 6 nitrogen and oxygen atoms in total. The first-order valence-corrected chi connectivity index (χ1v) is 5.33. The second-order valence-electron chi connectivity index (χ2n) is 3.42. The summed E-state index contributed by atoms with van der Waals surface area (Å²) in [7, 11) is 1.77. The van der Waals surface area contributed by atoms with E-state index in [-0.39, 0.29) is 18.4 Å². The summed E-state index contributed by atoms with van der Waals surface area (Å²) in [5.41, 5.74) is 0.613. The predicted molar refractivity (Wildman–Crippen MR) is 64.4 cm³/mol. The van der Waals surface area contributed by atoms with Crippen LogP contribution in [0, 0.1) is 0 Å². The number of aromatic nitrogens is 1. The van der Waals surface area contributed by atoms with E-state index in [1.165, 1.54) is 0 Å². The third-order valence-corrected chi connectivity index (χ3v) is 1.99. The minimum absolute atomic E-state index is 0.0303. The first-order valence-electron chi connectivity index (χ1n) is 5.33. The molecular weight excluding hydrogens is 220 g/mol. The van der Waals surface area contributed by atoms with Gasteiger partial charge in [-0.05, 0) is 19.2 Å². The molecule has 0 saturated carbocycles. The molecule has 0 spiro atoms. The lowest BCUT2D eigenvalue weighted by Gasteiger charge is -2.06. The van der Waals surface area contributed by atoms with Crippen molar-refractivity contribution in [3.05, 3.63) is 24.5 Å². The Balaban J connectivity index is 2.24. The molecule has 1 heterocycles. The van der Waals surface area contributed by atoms with Crippen LogP contribution in [0.5, 0.6) is 0 Å². The quantitative estimate of drug-likeness (QED) is 0.636. The standard InChI is InChI=1S/C11H16N4O2/c1-12-6-4-10(16)14-8-11(17)15-9-3-2-5-13-7-9/h2-3,5,7,12H,4,6,8H2,1H3,(H,14,16)(H,15,17).